The van der Waals surface area contributed by atoms with Crippen molar-refractivity contribution < 1.29 is 4.74 Å². The van der Waals surface area contributed by atoms with Crippen LogP contribution in [0.5, 0.6) is 0 Å². The lowest BCUT2D eigenvalue weighted by Crippen LogP contribution is -2.23. The molecule has 2 rings (SSSR count). The number of nitrogens with one attached hydrogen (secondary N) is 1. The van der Waals surface area contributed by atoms with Gasteiger partial charge >= 0.3 is 0 Å². The first-order valence-electron chi connectivity index (χ1n) is 5.35. The normalized spacial score (nSPS) is 17.3. The lowest BCUT2D eigenvalue weighted by atomic mass is 10.0. The minimum Gasteiger partial charge on any atom is -0.393 e. The zero-order valence-electron chi connectivity index (χ0n) is 8.95. The molecule has 0 spiro atoms. The van der Waals surface area contributed by atoms with E-state index in [4.69, 9.17) is 22.1 Å². The summed E-state index contributed by atoms with van der Waals surface area (Å²) < 4.78 is 5.30. The molecule has 0 aromatic carbocycles. The van der Waals surface area contributed by atoms with Crippen LogP contribution < -0.4 is 11.1 Å². The number of nitrogen functional groups attached to an aromatic ring is 1. The first-order valence-corrected chi connectivity index (χ1v) is 5.72. The van der Waals surface area contributed by atoms with Crippen LogP contribution in [-0.4, -0.2) is 29.7 Å². The van der Waals surface area contributed by atoms with Crippen LogP contribution in [0.1, 0.15) is 12.8 Å². The van der Waals surface area contributed by atoms with Crippen molar-refractivity contribution in [3.63, 3.8) is 0 Å². The van der Waals surface area contributed by atoms with E-state index in [0.29, 0.717) is 22.6 Å². The molecular weight excluding hydrogens is 228 g/mol. The Hall–Kier alpha value is -1.07. The summed E-state index contributed by atoms with van der Waals surface area (Å²) in [5.41, 5.74) is 6.17. The quantitative estimate of drug-likeness (QED) is 0.787. The van der Waals surface area contributed by atoms with E-state index in [2.05, 4.69) is 15.3 Å². The molecule has 0 atom stereocenters. The second-order valence-electron chi connectivity index (χ2n) is 3.86. The maximum absolute atomic E-state index is 5.80. The number of rotatable bonds is 3. The first-order chi connectivity index (χ1) is 7.77. The highest BCUT2D eigenvalue weighted by Crippen LogP contribution is 2.23. The van der Waals surface area contributed by atoms with Crippen molar-refractivity contribution >= 4 is 23.1 Å². The first kappa shape index (κ1) is 11.4. The maximum Gasteiger partial charge on any atom is 0.157 e. The number of hydrogen-bond acceptors (Lipinski definition) is 5. The van der Waals surface area contributed by atoms with Crippen molar-refractivity contribution in [2.24, 2.45) is 5.92 Å². The molecule has 1 aliphatic rings. The van der Waals surface area contributed by atoms with Gasteiger partial charge in [-0.25, -0.2) is 9.97 Å². The van der Waals surface area contributed by atoms with Gasteiger partial charge in [0.1, 0.15) is 12.0 Å². The Morgan fingerprint density at radius 3 is 2.94 bits per heavy atom. The molecule has 1 saturated heterocycles. The molecule has 6 heteroatoms. The highest BCUT2D eigenvalue weighted by atomic mass is 35.5. The molecule has 0 amide bonds. The molecule has 88 valence electrons. The van der Waals surface area contributed by atoms with Crippen LogP contribution in [0, 0.1) is 5.92 Å². The summed E-state index contributed by atoms with van der Waals surface area (Å²) in [6.07, 6.45) is 3.56. The fourth-order valence-electron chi connectivity index (χ4n) is 1.71. The SMILES string of the molecule is Nc1c(Cl)ncnc1NCC1CCOCC1. The molecule has 0 radical (unpaired) electrons. The van der Waals surface area contributed by atoms with E-state index in [-0.39, 0.29) is 0 Å². The number of ether oxygens (including phenoxy) is 1. The second-order valence-corrected chi connectivity index (χ2v) is 4.22. The number of anilines is 2. The number of nitrogens with zero attached hydrogens (tertiary/aromatic N) is 2. The third-order valence-electron chi connectivity index (χ3n) is 2.73. The molecular formula is C10H15ClN4O. The lowest BCUT2D eigenvalue weighted by molar-refractivity contribution is 0.0699. The molecule has 1 aliphatic heterocycles. The monoisotopic (exact) mass is 242 g/mol. The summed E-state index contributed by atoms with van der Waals surface area (Å²) in [5.74, 6) is 1.23. The van der Waals surface area contributed by atoms with E-state index in [1.807, 2.05) is 0 Å². The van der Waals surface area contributed by atoms with Gasteiger partial charge < -0.3 is 15.8 Å². The summed E-state index contributed by atoms with van der Waals surface area (Å²) in [6.45, 7) is 2.53. The average molecular weight is 243 g/mol. The molecule has 0 unspecified atom stereocenters. The van der Waals surface area contributed by atoms with Gasteiger partial charge in [-0.15, -0.1) is 0 Å². The fraction of sp³-hybridized carbons (Fsp3) is 0.600. The topological polar surface area (TPSA) is 73.1 Å². The Morgan fingerprint density at radius 2 is 2.19 bits per heavy atom. The molecule has 0 saturated carbocycles. The smallest absolute Gasteiger partial charge is 0.157 e. The third kappa shape index (κ3) is 2.74. The Labute approximate surface area is 99.4 Å². The van der Waals surface area contributed by atoms with Crippen molar-refractivity contribution in [1.82, 2.24) is 9.97 Å². The van der Waals surface area contributed by atoms with Crippen LogP contribution >= 0.6 is 11.6 Å². The minimum absolute atomic E-state index is 0.296. The van der Waals surface area contributed by atoms with Gasteiger partial charge in [0.25, 0.3) is 0 Å². The highest BCUT2D eigenvalue weighted by molar-refractivity contribution is 6.32. The third-order valence-corrected chi connectivity index (χ3v) is 3.04. The van der Waals surface area contributed by atoms with Crippen molar-refractivity contribution in [3.8, 4) is 0 Å². The Balaban J connectivity index is 1.91. The Kier molecular flexibility index (Phi) is 3.79. The predicted octanol–water partition coefficient (Wildman–Crippen LogP) is 1.55. The van der Waals surface area contributed by atoms with Crippen LogP contribution in [0.4, 0.5) is 11.5 Å². The number of aromatic nitrogens is 2. The van der Waals surface area contributed by atoms with E-state index in [1.165, 1.54) is 6.33 Å². The Bertz CT molecular complexity index is 355. The van der Waals surface area contributed by atoms with Crippen LogP contribution in [0.15, 0.2) is 6.33 Å². The summed E-state index contributed by atoms with van der Waals surface area (Å²) in [7, 11) is 0. The second kappa shape index (κ2) is 5.32. The van der Waals surface area contributed by atoms with Crippen molar-refractivity contribution in [1.29, 1.82) is 0 Å². The van der Waals surface area contributed by atoms with Gasteiger partial charge in [-0.05, 0) is 18.8 Å². The average Bonchev–Trinajstić information content (AvgIpc) is 2.32. The predicted molar refractivity (Wildman–Crippen MR) is 63.5 cm³/mol. The molecule has 16 heavy (non-hydrogen) atoms. The Morgan fingerprint density at radius 1 is 1.44 bits per heavy atom. The van der Waals surface area contributed by atoms with Gasteiger partial charge in [0, 0.05) is 19.8 Å². The number of halogens is 1. The number of nitrogens with two attached hydrogens (primary N) is 1. The van der Waals surface area contributed by atoms with Crippen molar-refractivity contribution in [3.05, 3.63) is 11.5 Å². The molecule has 1 fully saturated rings. The van der Waals surface area contributed by atoms with E-state index < -0.39 is 0 Å². The van der Waals surface area contributed by atoms with Crippen LogP contribution in [0.2, 0.25) is 5.15 Å². The fourth-order valence-corrected chi connectivity index (χ4v) is 1.84. The van der Waals surface area contributed by atoms with Crippen LogP contribution in [-0.2, 0) is 4.74 Å². The van der Waals surface area contributed by atoms with Gasteiger partial charge in [-0.1, -0.05) is 11.6 Å². The maximum atomic E-state index is 5.80. The van der Waals surface area contributed by atoms with Gasteiger partial charge in [-0.3, -0.25) is 0 Å². The molecule has 2 heterocycles. The standard InChI is InChI=1S/C10H15ClN4O/c11-9-8(12)10(15-6-14-9)13-5-7-1-3-16-4-2-7/h6-7H,1-5,12H2,(H,13,14,15). The largest absolute Gasteiger partial charge is 0.393 e. The van der Waals surface area contributed by atoms with Crippen LogP contribution in [0.3, 0.4) is 0 Å². The molecule has 0 bridgehead atoms. The molecule has 3 N–H and O–H groups in total. The molecule has 5 nitrogen and oxygen atoms in total. The highest BCUT2D eigenvalue weighted by Gasteiger charge is 2.14. The molecule has 1 aromatic rings. The summed E-state index contributed by atoms with van der Waals surface area (Å²) >= 11 is 5.80. The van der Waals surface area contributed by atoms with Gasteiger partial charge in [0.05, 0.1) is 0 Å². The summed E-state index contributed by atoms with van der Waals surface area (Å²) in [4.78, 5) is 7.86. The zero-order chi connectivity index (χ0) is 11.4. The lowest BCUT2D eigenvalue weighted by Gasteiger charge is -2.22. The van der Waals surface area contributed by atoms with Crippen LogP contribution in [0.25, 0.3) is 0 Å². The van der Waals surface area contributed by atoms with Gasteiger partial charge in [-0.2, -0.15) is 0 Å². The van der Waals surface area contributed by atoms with Gasteiger partial charge in [0.2, 0.25) is 0 Å². The number of hydrogen-bond donors (Lipinski definition) is 2. The van der Waals surface area contributed by atoms with Crippen molar-refractivity contribution in [2.45, 2.75) is 12.8 Å². The molecule has 0 aliphatic carbocycles. The van der Waals surface area contributed by atoms with Crippen molar-refractivity contribution in [2.75, 3.05) is 30.8 Å². The minimum atomic E-state index is 0.296. The van der Waals surface area contributed by atoms with E-state index >= 15 is 0 Å². The van der Waals surface area contributed by atoms with E-state index in [1.54, 1.807) is 0 Å². The summed E-state index contributed by atoms with van der Waals surface area (Å²) in [6, 6.07) is 0. The zero-order valence-corrected chi connectivity index (χ0v) is 9.70. The molecule has 1 aromatic heterocycles. The summed E-state index contributed by atoms with van der Waals surface area (Å²) in [5, 5.41) is 3.50. The van der Waals surface area contributed by atoms with Gasteiger partial charge in [0.15, 0.2) is 11.0 Å². The van der Waals surface area contributed by atoms with E-state index in [0.717, 1.165) is 32.6 Å². The van der Waals surface area contributed by atoms with E-state index in [9.17, 15) is 0 Å².